The molecule has 0 aliphatic carbocycles. The number of rotatable bonds is 3. The van der Waals surface area contributed by atoms with E-state index in [0.717, 1.165) is 18.7 Å². The molecule has 0 radical (unpaired) electrons. The van der Waals surface area contributed by atoms with Gasteiger partial charge in [-0.3, -0.25) is 9.69 Å². The maximum atomic E-state index is 12.4. The van der Waals surface area contributed by atoms with Crippen molar-refractivity contribution < 1.29 is 9.53 Å². The van der Waals surface area contributed by atoms with Crippen molar-refractivity contribution in [2.75, 3.05) is 19.7 Å². The lowest BCUT2D eigenvalue weighted by Crippen LogP contribution is -2.48. The average Bonchev–Trinajstić information content (AvgIpc) is 2.38. The maximum Gasteiger partial charge on any atom is 0.179 e. The average molecular weight is 247 g/mol. The Balaban J connectivity index is 2.06. The van der Waals surface area contributed by atoms with Gasteiger partial charge in [0, 0.05) is 18.7 Å². The lowest BCUT2D eigenvalue weighted by atomic mass is 10.0. The molecule has 0 N–H and O–H groups in total. The summed E-state index contributed by atoms with van der Waals surface area (Å²) in [5, 5.41) is 0. The van der Waals surface area contributed by atoms with Crippen LogP contribution in [0.5, 0.6) is 0 Å². The molecule has 1 aliphatic heterocycles. The van der Waals surface area contributed by atoms with E-state index in [2.05, 4.69) is 11.8 Å². The fourth-order valence-electron chi connectivity index (χ4n) is 2.32. The summed E-state index contributed by atoms with van der Waals surface area (Å²) >= 11 is 0. The molecular weight excluding hydrogens is 226 g/mol. The standard InChI is InChI=1S/C15H21NO2/c1-11-4-6-14(7-5-11)15(17)13(3)16-8-9-18-12(2)10-16/h4-7,12-13H,8-10H2,1-3H3. The molecule has 1 aliphatic rings. The van der Waals surface area contributed by atoms with Crippen LogP contribution in [0.4, 0.5) is 0 Å². The van der Waals surface area contributed by atoms with Crippen molar-refractivity contribution in [3.05, 3.63) is 35.4 Å². The highest BCUT2D eigenvalue weighted by Gasteiger charge is 2.26. The van der Waals surface area contributed by atoms with Gasteiger partial charge in [-0.1, -0.05) is 29.8 Å². The van der Waals surface area contributed by atoms with Crippen LogP contribution in [-0.2, 0) is 4.74 Å². The molecule has 1 saturated heterocycles. The van der Waals surface area contributed by atoms with Gasteiger partial charge in [-0.25, -0.2) is 0 Å². The summed E-state index contributed by atoms with van der Waals surface area (Å²) in [4.78, 5) is 14.6. The van der Waals surface area contributed by atoms with Crippen LogP contribution in [0.1, 0.15) is 29.8 Å². The van der Waals surface area contributed by atoms with Gasteiger partial charge in [-0.05, 0) is 20.8 Å². The van der Waals surface area contributed by atoms with Gasteiger partial charge in [0.15, 0.2) is 5.78 Å². The van der Waals surface area contributed by atoms with Crippen molar-refractivity contribution in [2.24, 2.45) is 0 Å². The summed E-state index contributed by atoms with van der Waals surface area (Å²) in [5.74, 6) is 0.198. The largest absolute Gasteiger partial charge is 0.376 e. The molecule has 0 spiro atoms. The van der Waals surface area contributed by atoms with Crippen molar-refractivity contribution in [3.63, 3.8) is 0 Å². The number of Topliss-reactive ketones (excluding diaryl/α,β-unsaturated/α-hetero) is 1. The van der Waals surface area contributed by atoms with Crippen LogP contribution in [0.25, 0.3) is 0 Å². The second kappa shape index (κ2) is 5.63. The Morgan fingerprint density at radius 2 is 2.06 bits per heavy atom. The van der Waals surface area contributed by atoms with E-state index in [-0.39, 0.29) is 17.9 Å². The first-order valence-corrected chi connectivity index (χ1v) is 6.54. The van der Waals surface area contributed by atoms with E-state index in [1.165, 1.54) is 5.56 Å². The molecule has 1 heterocycles. The molecule has 1 fully saturated rings. The van der Waals surface area contributed by atoms with Crippen LogP contribution in [0.3, 0.4) is 0 Å². The molecule has 98 valence electrons. The van der Waals surface area contributed by atoms with Crippen molar-refractivity contribution in [2.45, 2.75) is 32.9 Å². The Hall–Kier alpha value is -1.19. The minimum absolute atomic E-state index is 0.0703. The highest BCUT2D eigenvalue weighted by atomic mass is 16.5. The summed E-state index contributed by atoms with van der Waals surface area (Å²) in [6.45, 7) is 8.45. The summed E-state index contributed by atoms with van der Waals surface area (Å²) in [7, 11) is 0. The number of benzene rings is 1. The first-order chi connectivity index (χ1) is 8.58. The Morgan fingerprint density at radius 1 is 1.39 bits per heavy atom. The third-order valence-corrected chi connectivity index (χ3v) is 3.54. The smallest absolute Gasteiger partial charge is 0.179 e. The minimum atomic E-state index is -0.0703. The van der Waals surface area contributed by atoms with Crippen LogP contribution in [0, 0.1) is 6.92 Å². The molecule has 1 aromatic rings. The van der Waals surface area contributed by atoms with Crippen LogP contribution >= 0.6 is 0 Å². The molecule has 3 nitrogen and oxygen atoms in total. The fraction of sp³-hybridized carbons (Fsp3) is 0.533. The molecular formula is C15H21NO2. The number of nitrogens with zero attached hydrogens (tertiary/aromatic N) is 1. The third kappa shape index (κ3) is 2.98. The molecule has 0 saturated carbocycles. The first kappa shape index (κ1) is 13.2. The monoisotopic (exact) mass is 247 g/mol. The van der Waals surface area contributed by atoms with E-state index < -0.39 is 0 Å². The molecule has 2 unspecified atom stereocenters. The van der Waals surface area contributed by atoms with Crippen molar-refractivity contribution in [3.8, 4) is 0 Å². The molecule has 1 aromatic carbocycles. The number of morpholine rings is 1. The summed E-state index contributed by atoms with van der Waals surface area (Å²) < 4.78 is 5.51. The number of hydrogen-bond acceptors (Lipinski definition) is 3. The molecule has 0 amide bonds. The molecule has 2 atom stereocenters. The highest BCUT2D eigenvalue weighted by Crippen LogP contribution is 2.14. The Morgan fingerprint density at radius 3 is 2.67 bits per heavy atom. The van der Waals surface area contributed by atoms with Gasteiger partial charge in [-0.15, -0.1) is 0 Å². The molecule has 2 rings (SSSR count). The van der Waals surface area contributed by atoms with Crippen molar-refractivity contribution >= 4 is 5.78 Å². The van der Waals surface area contributed by atoms with E-state index >= 15 is 0 Å². The number of carbonyl (C=O) groups excluding carboxylic acids is 1. The van der Waals surface area contributed by atoms with Gasteiger partial charge in [0.1, 0.15) is 0 Å². The van der Waals surface area contributed by atoms with E-state index in [1.807, 2.05) is 38.1 Å². The molecule has 0 bridgehead atoms. The number of carbonyl (C=O) groups is 1. The fourth-order valence-corrected chi connectivity index (χ4v) is 2.32. The zero-order valence-corrected chi connectivity index (χ0v) is 11.3. The first-order valence-electron chi connectivity index (χ1n) is 6.54. The second-order valence-corrected chi connectivity index (χ2v) is 5.08. The zero-order chi connectivity index (χ0) is 13.1. The number of ketones is 1. The molecule has 0 aromatic heterocycles. The highest BCUT2D eigenvalue weighted by molar-refractivity contribution is 5.99. The van der Waals surface area contributed by atoms with E-state index in [9.17, 15) is 4.79 Å². The van der Waals surface area contributed by atoms with Gasteiger partial charge in [0.25, 0.3) is 0 Å². The number of aryl methyl sites for hydroxylation is 1. The van der Waals surface area contributed by atoms with E-state index in [1.54, 1.807) is 0 Å². The summed E-state index contributed by atoms with van der Waals surface area (Å²) in [6, 6.07) is 7.74. The Bertz CT molecular complexity index is 413. The van der Waals surface area contributed by atoms with Gasteiger partial charge in [0.2, 0.25) is 0 Å². The SMILES string of the molecule is Cc1ccc(C(=O)C(C)N2CCOC(C)C2)cc1. The maximum absolute atomic E-state index is 12.4. The Labute approximate surface area is 109 Å². The summed E-state index contributed by atoms with van der Waals surface area (Å²) in [6.07, 6.45) is 0.215. The van der Waals surface area contributed by atoms with E-state index in [0.29, 0.717) is 6.61 Å². The van der Waals surface area contributed by atoms with Gasteiger partial charge in [0.05, 0.1) is 18.8 Å². The summed E-state index contributed by atoms with van der Waals surface area (Å²) in [5.41, 5.74) is 1.98. The molecule has 3 heteroatoms. The molecule has 18 heavy (non-hydrogen) atoms. The normalized spacial score (nSPS) is 22.7. The zero-order valence-electron chi connectivity index (χ0n) is 11.3. The topological polar surface area (TPSA) is 29.5 Å². The predicted octanol–water partition coefficient (Wildman–Crippen LogP) is 2.29. The quantitative estimate of drug-likeness (QED) is 0.767. The van der Waals surface area contributed by atoms with E-state index in [4.69, 9.17) is 4.74 Å². The lowest BCUT2D eigenvalue weighted by molar-refractivity contribution is -0.0277. The second-order valence-electron chi connectivity index (χ2n) is 5.08. The van der Waals surface area contributed by atoms with Gasteiger partial charge < -0.3 is 4.74 Å². The van der Waals surface area contributed by atoms with Crippen molar-refractivity contribution in [1.82, 2.24) is 4.90 Å². The van der Waals surface area contributed by atoms with Crippen LogP contribution in [-0.4, -0.2) is 42.5 Å². The third-order valence-electron chi connectivity index (χ3n) is 3.54. The number of hydrogen-bond donors (Lipinski definition) is 0. The Kier molecular flexibility index (Phi) is 4.15. The van der Waals surface area contributed by atoms with Crippen LogP contribution < -0.4 is 0 Å². The van der Waals surface area contributed by atoms with Gasteiger partial charge in [-0.2, -0.15) is 0 Å². The lowest BCUT2D eigenvalue weighted by Gasteiger charge is -2.34. The minimum Gasteiger partial charge on any atom is -0.376 e. The number of ether oxygens (including phenoxy) is 1. The van der Waals surface area contributed by atoms with Crippen LogP contribution in [0.15, 0.2) is 24.3 Å². The van der Waals surface area contributed by atoms with Crippen molar-refractivity contribution in [1.29, 1.82) is 0 Å². The van der Waals surface area contributed by atoms with Gasteiger partial charge >= 0.3 is 0 Å². The predicted molar refractivity (Wildman–Crippen MR) is 72.0 cm³/mol. The van der Waals surface area contributed by atoms with Crippen LogP contribution in [0.2, 0.25) is 0 Å².